The molecule has 1 aromatic rings. The molecule has 1 atom stereocenters. The van der Waals surface area contributed by atoms with E-state index in [1.165, 1.54) is 0 Å². The fraction of sp³-hybridized carbons (Fsp3) is 0.692. The van der Waals surface area contributed by atoms with E-state index < -0.39 is 0 Å². The third kappa shape index (κ3) is 5.54. The minimum absolute atomic E-state index is 0.207. The van der Waals surface area contributed by atoms with Crippen LogP contribution in [0.15, 0.2) is 6.07 Å². The number of hydrogen-bond donors (Lipinski definition) is 1. The molecule has 102 valence electrons. The highest BCUT2D eigenvalue weighted by atomic mass is 35.5. The molecule has 0 aromatic carbocycles. The number of aryl methyl sites for hydroxylation is 1. The van der Waals surface area contributed by atoms with E-state index in [2.05, 4.69) is 29.1 Å². The summed E-state index contributed by atoms with van der Waals surface area (Å²) >= 11 is 6.06. The first-order valence-electron chi connectivity index (χ1n) is 6.52. The van der Waals surface area contributed by atoms with Gasteiger partial charge in [0.2, 0.25) is 11.8 Å². The highest BCUT2D eigenvalue weighted by Crippen LogP contribution is 2.13. The predicted octanol–water partition coefficient (Wildman–Crippen LogP) is 3.39. The van der Waals surface area contributed by atoms with Gasteiger partial charge in [-0.15, -0.1) is 11.6 Å². The van der Waals surface area contributed by atoms with Crippen molar-refractivity contribution < 1.29 is 4.74 Å². The average molecular weight is 272 g/mol. The van der Waals surface area contributed by atoms with Crippen LogP contribution in [0, 0.1) is 6.92 Å². The van der Waals surface area contributed by atoms with Gasteiger partial charge in [-0.3, -0.25) is 0 Å². The molecule has 1 unspecified atom stereocenters. The zero-order valence-corrected chi connectivity index (χ0v) is 12.1. The van der Waals surface area contributed by atoms with Crippen LogP contribution in [-0.2, 0) is 0 Å². The van der Waals surface area contributed by atoms with Crippen LogP contribution >= 0.6 is 11.6 Å². The lowest BCUT2D eigenvalue weighted by atomic mass is 10.2. The molecule has 0 saturated carbocycles. The van der Waals surface area contributed by atoms with Crippen molar-refractivity contribution >= 4 is 17.5 Å². The molecule has 1 aromatic heterocycles. The molecule has 0 aliphatic carbocycles. The molecule has 4 nitrogen and oxygen atoms in total. The van der Waals surface area contributed by atoms with Crippen molar-refractivity contribution in [2.24, 2.45) is 0 Å². The number of anilines is 1. The van der Waals surface area contributed by atoms with Crippen LogP contribution in [0.2, 0.25) is 0 Å². The van der Waals surface area contributed by atoms with Crippen molar-refractivity contribution in [3.63, 3.8) is 0 Å². The summed E-state index contributed by atoms with van der Waals surface area (Å²) < 4.78 is 5.51. The van der Waals surface area contributed by atoms with Gasteiger partial charge in [-0.25, -0.2) is 4.98 Å². The van der Waals surface area contributed by atoms with Gasteiger partial charge in [-0.05, 0) is 26.2 Å². The number of alkyl halides is 1. The van der Waals surface area contributed by atoms with Gasteiger partial charge >= 0.3 is 0 Å². The fourth-order valence-electron chi connectivity index (χ4n) is 1.44. The van der Waals surface area contributed by atoms with E-state index >= 15 is 0 Å². The Kier molecular flexibility index (Phi) is 6.80. The Balaban J connectivity index is 2.51. The van der Waals surface area contributed by atoms with E-state index in [0.717, 1.165) is 31.5 Å². The number of rotatable bonds is 8. The Morgan fingerprint density at radius 1 is 1.39 bits per heavy atom. The zero-order chi connectivity index (χ0) is 13.4. The van der Waals surface area contributed by atoms with E-state index in [0.29, 0.717) is 18.4 Å². The molecule has 5 heteroatoms. The topological polar surface area (TPSA) is 47.0 Å². The normalized spacial score (nSPS) is 12.2. The second kappa shape index (κ2) is 8.14. The van der Waals surface area contributed by atoms with Crippen LogP contribution in [0.5, 0.6) is 5.88 Å². The van der Waals surface area contributed by atoms with Crippen molar-refractivity contribution in [2.45, 2.75) is 45.4 Å². The standard InChI is InChI=1S/C13H22ClN3O/c1-4-8-18-12-9-10(3)16-13(17-12)15-7-6-11(14)5-2/h9,11H,4-8H2,1-3H3,(H,15,16,17). The molecule has 18 heavy (non-hydrogen) atoms. The van der Waals surface area contributed by atoms with E-state index in [1.807, 2.05) is 13.0 Å². The summed E-state index contributed by atoms with van der Waals surface area (Å²) in [6.07, 6.45) is 2.85. The van der Waals surface area contributed by atoms with Crippen LogP contribution in [0.4, 0.5) is 5.95 Å². The second-order valence-electron chi connectivity index (χ2n) is 4.24. The Hall–Kier alpha value is -1.03. The summed E-state index contributed by atoms with van der Waals surface area (Å²) in [7, 11) is 0. The summed E-state index contributed by atoms with van der Waals surface area (Å²) in [5, 5.41) is 3.39. The van der Waals surface area contributed by atoms with E-state index in [1.54, 1.807) is 0 Å². The third-order valence-corrected chi connectivity index (χ3v) is 3.00. The average Bonchev–Trinajstić information content (AvgIpc) is 2.35. The van der Waals surface area contributed by atoms with E-state index in [4.69, 9.17) is 16.3 Å². The Labute approximate surface area is 114 Å². The van der Waals surface area contributed by atoms with Crippen molar-refractivity contribution in [1.29, 1.82) is 0 Å². The number of hydrogen-bond acceptors (Lipinski definition) is 4. The molecule has 1 rings (SSSR count). The maximum absolute atomic E-state index is 6.06. The van der Waals surface area contributed by atoms with Crippen LogP contribution in [-0.4, -0.2) is 28.5 Å². The number of aromatic nitrogens is 2. The lowest BCUT2D eigenvalue weighted by Gasteiger charge is -2.10. The highest BCUT2D eigenvalue weighted by Gasteiger charge is 2.04. The van der Waals surface area contributed by atoms with Gasteiger partial charge in [-0.2, -0.15) is 4.98 Å². The summed E-state index contributed by atoms with van der Waals surface area (Å²) in [6, 6.07) is 1.84. The SMILES string of the molecule is CCCOc1cc(C)nc(NCCC(Cl)CC)n1. The zero-order valence-electron chi connectivity index (χ0n) is 11.4. The monoisotopic (exact) mass is 271 g/mol. The van der Waals surface area contributed by atoms with Crippen LogP contribution in [0.1, 0.15) is 38.8 Å². The molecule has 0 spiro atoms. The minimum Gasteiger partial charge on any atom is -0.478 e. The van der Waals surface area contributed by atoms with Crippen molar-refractivity contribution in [3.05, 3.63) is 11.8 Å². The molecule has 0 saturated heterocycles. The molecule has 0 amide bonds. The largest absolute Gasteiger partial charge is 0.478 e. The van der Waals surface area contributed by atoms with E-state index in [9.17, 15) is 0 Å². The summed E-state index contributed by atoms with van der Waals surface area (Å²) in [6.45, 7) is 7.53. The van der Waals surface area contributed by atoms with Gasteiger partial charge in [0.1, 0.15) is 0 Å². The first-order chi connectivity index (χ1) is 8.65. The maximum Gasteiger partial charge on any atom is 0.226 e. The first kappa shape index (κ1) is 15.0. The fourth-order valence-corrected chi connectivity index (χ4v) is 1.55. The number of ether oxygens (including phenoxy) is 1. The van der Waals surface area contributed by atoms with Gasteiger partial charge in [0.25, 0.3) is 0 Å². The minimum atomic E-state index is 0.207. The van der Waals surface area contributed by atoms with Gasteiger partial charge in [0.15, 0.2) is 0 Å². The molecule has 0 aliphatic heterocycles. The molecule has 0 radical (unpaired) electrons. The second-order valence-corrected chi connectivity index (χ2v) is 4.86. The molecule has 0 fully saturated rings. The molecule has 0 bridgehead atoms. The van der Waals surface area contributed by atoms with Gasteiger partial charge < -0.3 is 10.1 Å². The quantitative estimate of drug-likeness (QED) is 0.736. The predicted molar refractivity (Wildman–Crippen MR) is 75.6 cm³/mol. The summed E-state index contributed by atoms with van der Waals surface area (Å²) in [5.41, 5.74) is 0.900. The molecular formula is C13H22ClN3O. The summed E-state index contributed by atoms with van der Waals surface area (Å²) in [5.74, 6) is 1.24. The number of nitrogens with zero attached hydrogens (tertiary/aromatic N) is 2. The third-order valence-electron chi connectivity index (χ3n) is 2.47. The Morgan fingerprint density at radius 3 is 2.83 bits per heavy atom. The Bertz CT molecular complexity index is 360. The van der Waals surface area contributed by atoms with Gasteiger partial charge in [-0.1, -0.05) is 13.8 Å². The van der Waals surface area contributed by atoms with E-state index in [-0.39, 0.29) is 5.38 Å². The maximum atomic E-state index is 6.06. The molecular weight excluding hydrogens is 250 g/mol. The smallest absolute Gasteiger partial charge is 0.226 e. The van der Waals surface area contributed by atoms with Crippen LogP contribution in [0.3, 0.4) is 0 Å². The van der Waals surface area contributed by atoms with Crippen molar-refractivity contribution in [1.82, 2.24) is 9.97 Å². The van der Waals surface area contributed by atoms with Gasteiger partial charge in [0, 0.05) is 23.7 Å². The van der Waals surface area contributed by atoms with Crippen molar-refractivity contribution in [2.75, 3.05) is 18.5 Å². The molecule has 1 heterocycles. The summed E-state index contributed by atoms with van der Waals surface area (Å²) in [4.78, 5) is 8.63. The Morgan fingerprint density at radius 2 is 2.17 bits per heavy atom. The highest BCUT2D eigenvalue weighted by molar-refractivity contribution is 6.20. The van der Waals surface area contributed by atoms with Crippen LogP contribution in [0.25, 0.3) is 0 Å². The number of nitrogens with one attached hydrogen (secondary N) is 1. The first-order valence-corrected chi connectivity index (χ1v) is 6.95. The molecule has 1 N–H and O–H groups in total. The number of halogens is 1. The van der Waals surface area contributed by atoms with Gasteiger partial charge in [0.05, 0.1) is 6.61 Å². The van der Waals surface area contributed by atoms with Crippen LogP contribution < -0.4 is 10.1 Å². The molecule has 0 aliphatic rings. The lowest BCUT2D eigenvalue weighted by Crippen LogP contribution is -2.11. The van der Waals surface area contributed by atoms with Crippen molar-refractivity contribution in [3.8, 4) is 5.88 Å². The lowest BCUT2D eigenvalue weighted by molar-refractivity contribution is 0.305.